The van der Waals surface area contributed by atoms with Gasteiger partial charge in [-0.3, -0.25) is 4.90 Å². The zero-order valence-electron chi connectivity index (χ0n) is 11.7. The molecule has 19 heavy (non-hydrogen) atoms. The molecule has 1 aliphatic heterocycles. The minimum Gasteiger partial charge on any atom is -0.383 e. The summed E-state index contributed by atoms with van der Waals surface area (Å²) in [7, 11) is 0. The van der Waals surface area contributed by atoms with E-state index >= 15 is 0 Å². The second-order valence-corrected chi connectivity index (χ2v) is 5.51. The lowest BCUT2D eigenvalue weighted by Gasteiger charge is -2.38. The Morgan fingerprint density at radius 3 is 2.95 bits per heavy atom. The van der Waals surface area contributed by atoms with E-state index in [1.807, 2.05) is 24.3 Å². The number of anilines is 1. The molecule has 1 aliphatic rings. The van der Waals surface area contributed by atoms with Crippen LogP contribution in [-0.4, -0.2) is 43.3 Å². The van der Waals surface area contributed by atoms with Gasteiger partial charge < -0.3 is 10.1 Å². The third-order valence-corrected chi connectivity index (χ3v) is 3.97. The number of hydrogen-bond acceptors (Lipinski definition) is 3. The van der Waals surface area contributed by atoms with E-state index < -0.39 is 0 Å². The van der Waals surface area contributed by atoms with Gasteiger partial charge in [-0.25, -0.2) is 0 Å². The van der Waals surface area contributed by atoms with Gasteiger partial charge in [-0.15, -0.1) is 0 Å². The molecule has 2 atom stereocenters. The zero-order valence-corrected chi connectivity index (χ0v) is 12.5. The first-order chi connectivity index (χ1) is 9.20. The van der Waals surface area contributed by atoms with E-state index in [-0.39, 0.29) is 0 Å². The molecule has 0 aromatic heterocycles. The fraction of sp³-hybridized carbons (Fsp3) is 0.600. The van der Waals surface area contributed by atoms with Crippen molar-refractivity contribution in [1.29, 1.82) is 0 Å². The number of halogens is 1. The minimum atomic E-state index is 0.336. The Labute approximate surface area is 120 Å². The van der Waals surface area contributed by atoms with Gasteiger partial charge in [0.15, 0.2) is 0 Å². The lowest BCUT2D eigenvalue weighted by Crippen LogP contribution is -2.49. The Morgan fingerprint density at radius 2 is 2.21 bits per heavy atom. The van der Waals surface area contributed by atoms with Crippen molar-refractivity contribution in [2.75, 3.05) is 31.6 Å². The van der Waals surface area contributed by atoms with Crippen molar-refractivity contribution in [2.24, 2.45) is 0 Å². The van der Waals surface area contributed by atoms with Gasteiger partial charge in [-0.05, 0) is 25.5 Å². The molecule has 0 saturated carbocycles. The van der Waals surface area contributed by atoms with Crippen LogP contribution in [-0.2, 0) is 4.74 Å². The highest BCUT2D eigenvalue weighted by molar-refractivity contribution is 6.33. The average Bonchev–Trinajstić information content (AvgIpc) is 2.41. The van der Waals surface area contributed by atoms with Crippen LogP contribution >= 0.6 is 11.6 Å². The molecule has 1 saturated heterocycles. The molecule has 0 radical (unpaired) electrons. The Morgan fingerprint density at radius 1 is 1.42 bits per heavy atom. The minimum absolute atomic E-state index is 0.336. The first kappa shape index (κ1) is 14.6. The van der Waals surface area contributed by atoms with Gasteiger partial charge in [0.25, 0.3) is 0 Å². The van der Waals surface area contributed by atoms with Crippen LogP contribution in [0.5, 0.6) is 0 Å². The Hall–Kier alpha value is -0.770. The highest BCUT2D eigenvalue weighted by atomic mass is 35.5. The second kappa shape index (κ2) is 7.13. The summed E-state index contributed by atoms with van der Waals surface area (Å²) in [5, 5.41) is 4.19. The first-order valence-electron chi connectivity index (χ1n) is 7.04. The van der Waals surface area contributed by atoms with Gasteiger partial charge in [0.2, 0.25) is 0 Å². The number of nitrogens with one attached hydrogen (secondary N) is 1. The van der Waals surface area contributed by atoms with Crippen LogP contribution in [0.4, 0.5) is 5.69 Å². The molecule has 0 aliphatic carbocycles. The van der Waals surface area contributed by atoms with Crippen LogP contribution in [0.15, 0.2) is 24.3 Å². The van der Waals surface area contributed by atoms with Crippen molar-refractivity contribution < 1.29 is 4.74 Å². The Bertz CT molecular complexity index is 399. The summed E-state index contributed by atoms with van der Waals surface area (Å²) in [6.07, 6.45) is 1.47. The summed E-state index contributed by atoms with van der Waals surface area (Å²) < 4.78 is 5.71. The van der Waals surface area contributed by atoms with Gasteiger partial charge in [0.05, 0.1) is 23.4 Å². The van der Waals surface area contributed by atoms with Crippen molar-refractivity contribution in [3.05, 3.63) is 29.3 Å². The van der Waals surface area contributed by atoms with Crippen LogP contribution in [0.1, 0.15) is 20.3 Å². The molecule has 3 nitrogen and oxygen atoms in total. The lowest BCUT2D eigenvalue weighted by molar-refractivity contribution is -0.0541. The Kier molecular flexibility index (Phi) is 5.49. The smallest absolute Gasteiger partial charge is 0.0674 e. The highest BCUT2D eigenvalue weighted by Crippen LogP contribution is 2.20. The number of morpholine rings is 1. The van der Waals surface area contributed by atoms with E-state index in [1.165, 1.54) is 0 Å². The molecule has 0 bridgehead atoms. The van der Waals surface area contributed by atoms with Gasteiger partial charge in [-0.1, -0.05) is 30.7 Å². The molecule has 0 spiro atoms. The number of rotatable bonds is 5. The van der Waals surface area contributed by atoms with Crippen molar-refractivity contribution >= 4 is 17.3 Å². The quantitative estimate of drug-likeness (QED) is 0.897. The van der Waals surface area contributed by atoms with E-state index in [0.29, 0.717) is 12.1 Å². The van der Waals surface area contributed by atoms with Crippen molar-refractivity contribution in [3.63, 3.8) is 0 Å². The van der Waals surface area contributed by atoms with Gasteiger partial charge in [0.1, 0.15) is 0 Å². The fourth-order valence-corrected chi connectivity index (χ4v) is 2.70. The maximum absolute atomic E-state index is 6.13. The summed E-state index contributed by atoms with van der Waals surface area (Å²) in [5.74, 6) is 0. The predicted molar refractivity (Wildman–Crippen MR) is 81.0 cm³/mol. The molecule has 4 heteroatoms. The zero-order chi connectivity index (χ0) is 13.7. The molecule has 2 unspecified atom stereocenters. The predicted octanol–water partition coefficient (Wildman–Crippen LogP) is 3.25. The largest absolute Gasteiger partial charge is 0.383 e. The van der Waals surface area contributed by atoms with Crippen LogP contribution < -0.4 is 5.32 Å². The molecule has 1 aromatic rings. The van der Waals surface area contributed by atoms with Gasteiger partial charge >= 0.3 is 0 Å². The number of ether oxygens (including phenoxy) is 1. The number of para-hydroxylation sites is 1. The van der Waals surface area contributed by atoms with E-state index in [9.17, 15) is 0 Å². The maximum Gasteiger partial charge on any atom is 0.0674 e. The van der Waals surface area contributed by atoms with E-state index in [1.54, 1.807) is 0 Å². The van der Waals surface area contributed by atoms with Crippen LogP contribution in [0.2, 0.25) is 5.02 Å². The topological polar surface area (TPSA) is 24.5 Å². The lowest BCUT2D eigenvalue weighted by atomic mass is 10.1. The third kappa shape index (κ3) is 4.10. The summed E-state index contributed by atoms with van der Waals surface area (Å²) in [6, 6.07) is 8.42. The summed E-state index contributed by atoms with van der Waals surface area (Å²) >= 11 is 6.13. The summed E-state index contributed by atoms with van der Waals surface area (Å²) in [4.78, 5) is 2.51. The van der Waals surface area contributed by atoms with Gasteiger partial charge in [0, 0.05) is 25.7 Å². The number of hydrogen-bond donors (Lipinski definition) is 1. The normalized spacial score (nSPS) is 24.4. The fourth-order valence-electron chi connectivity index (χ4n) is 2.50. The van der Waals surface area contributed by atoms with E-state index in [2.05, 4.69) is 24.1 Å². The first-order valence-corrected chi connectivity index (χ1v) is 7.42. The monoisotopic (exact) mass is 282 g/mol. The highest BCUT2D eigenvalue weighted by Gasteiger charge is 2.24. The van der Waals surface area contributed by atoms with Crippen LogP contribution in [0.3, 0.4) is 0 Å². The van der Waals surface area contributed by atoms with Crippen molar-refractivity contribution in [3.8, 4) is 0 Å². The van der Waals surface area contributed by atoms with E-state index in [4.69, 9.17) is 16.3 Å². The molecule has 106 valence electrons. The molecule has 0 amide bonds. The molecule has 1 aromatic carbocycles. The van der Waals surface area contributed by atoms with Crippen LogP contribution in [0, 0.1) is 0 Å². The van der Waals surface area contributed by atoms with Crippen molar-refractivity contribution in [1.82, 2.24) is 4.90 Å². The Balaban J connectivity index is 1.82. The summed E-state index contributed by atoms with van der Waals surface area (Å²) in [5.41, 5.74) is 1.01. The second-order valence-electron chi connectivity index (χ2n) is 5.11. The molecule has 2 rings (SSSR count). The van der Waals surface area contributed by atoms with E-state index in [0.717, 1.165) is 43.4 Å². The number of benzene rings is 1. The summed E-state index contributed by atoms with van der Waals surface area (Å²) in [6.45, 7) is 8.16. The average molecular weight is 283 g/mol. The van der Waals surface area contributed by atoms with Crippen LogP contribution in [0.25, 0.3) is 0 Å². The molecule has 1 fully saturated rings. The number of nitrogens with zero attached hydrogens (tertiary/aromatic N) is 1. The molecular weight excluding hydrogens is 260 g/mol. The SMILES string of the molecule is CCC1COC(C)CN1CCNc1ccccc1Cl. The molecular formula is C15H23ClN2O. The maximum atomic E-state index is 6.13. The van der Waals surface area contributed by atoms with Crippen molar-refractivity contribution in [2.45, 2.75) is 32.4 Å². The standard InChI is InChI=1S/C15H23ClN2O/c1-3-13-11-19-12(2)10-18(13)9-8-17-15-7-5-4-6-14(15)16/h4-7,12-13,17H,3,8-11H2,1-2H3. The third-order valence-electron chi connectivity index (χ3n) is 3.64. The van der Waals surface area contributed by atoms with Gasteiger partial charge in [-0.2, -0.15) is 0 Å². The molecule has 1 N–H and O–H groups in total. The molecule has 1 heterocycles.